The second-order valence-corrected chi connectivity index (χ2v) is 15.7. The summed E-state index contributed by atoms with van der Waals surface area (Å²) < 4.78 is 66.3. The summed E-state index contributed by atoms with van der Waals surface area (Å²) in [4.78, 5) is 17.8. The van der Waals surface area contributed by atoms with Crippen LogP contribution in [0.25, 0.3) is 11.5 Å². The highest BCUT2D eigenvalue weighted by Crippen LogP contribution is 2.40. The van der Waals surface area contributed by atoms with Gasteiger partial charge in [-0.3, -0.25) is 0 Å². The molecule has 0 fully saturated rings. The summed E-state index contributed by atoms with van der Waals surface area (Å²) >= 11 is 0. The fourth-order valence-electron chi connectivity index (χ4n) is 7.76. The van der Waals surface area contributed by atoms with Gasteiger partial charge in [-0.1, -0.05) is 37.4 Å². The first-order valence-electron chi connectivity index (χ1n) is 22.3. The van der Waals surface area contributed by atoms with E-state index in [1.165, 1.54) is 5.56 Å². The van der Waals surface area contributed by atoms with Crippen molar-refractivity contribution in [2.75, 3.05) is 93.5 Å². The first-order chi connectivity index (χ1) is 32.3. The van der Waals surface area contributed by atoms with Gasteiger partial charge in [-0.05, 0) is 114 Å². The van der Waals surface area contributed by atoms with E-state index in [4.69, 9.17) is 53.3 Å². The van der Waals surface area contributed by atoms with Crippen LogP contribution in [-0.4, -0.2) is 115 Å². The average Bonchev–Trinajstić information content (AvgIpc) is 3.51. The number of halogens is 1. The van der Waals surface area contributed by atoms with Gasteiger partial charge >= 0.3 is 0 Å². The molecule has 1 aliphatic heterocycles. The standard InChI is InChI=1S/C51H62FN5O9/c1-6-39-9-13-48(53)56-34-41(39)30-38-32-46(58-4)50(47(33-38)59-5)66-27-25-64-23-21-62-19-17-60-16-18-61-20-22-63-24-26-65-45-31-37(28-35(2)49(45)52)29-40-8-11-43-42(36(40)3)10-12-44(57-43)51-54-14-7-15-55-51/h6-7,9-10,12,14-15,28,31-34,36,40H,1,8,11,16-27,29-30,53H2,2-5H3/t36-,40?/m0/s1. The number of benzene rings is 2. The number of nitrogens with zero attached hydrogens (tertiary/aromatic N) is 4. The van der Waals surface area contributed by atoms with Crippen LogP contribution in [0.1, 0.15) is 47.2 Å². The van der Waals surface area contributed by atoms with Gasteiger partial charge in [0.2, 0.25) is 5.75 Å². The van der Waals surface area contributed by atoms with Crippen LogP contribution >= 0.6 is 0 Å². The third-order valence-electron chi connectivity index (χ3n) is 11.2. The molecule has 4 aromatic rings. The smallest absolute Gasteiger partial charge is 0.203 e. The van der Waals surface area contributed by atoms with E-state index in [0.717, 1.165) is 52.9 Å². The fourth-order valence-corrected chi connectivity index (χ4v) is 7.76. The van der Waals surface area contributed by atoms with Crippen molar-refractivity contribution < 1.29 is 47.0 Å². The van der Waals surface area contributed by atoms with Crippen LogP contribution in [0, 0.1) is 18.7 Å². The van der Waals surface area contributed by atoms with E-state index >= 15 is 4.39 Å². The maximum atomic E-state index is 15.1. The number of fused-ring (bicyclic) bond motifs is 1. The van der Waals surface area contributed by atoms with Crippen molar-refractivity contribution >= 4 is 6.21 Å². The maximum Gasteiger partial charge on any atom is 0.203 e. The summed E-state index contributed by atoms with van der Waals surface area (Å²) in [6, 6.07) is 13.5. The van der Waals surface area contributed by atoms with E-state index in [1.807, 2.05) is 30.3 Å². The molecule has 0 spiro atoms. The van der Waals surface area contributed by atoms with Crippen molar-refractivity contribution in [2.24, 2.45) is 16.6 Å². The summed E-state index contributed by atoms with van der Waals surface area (Å²) in [7, 11) is 3.17. The van der Waals surface area contributed by atoms with E-state index in [-0.39, 0.29) is 18.2 Å². The van der Waals surface area contributed by atoms with E-state index in [0.29, 0.717) is 125 Å². The number of hydrogen-bond donors (Lipinski definition) is 1. The molecule has 3 heterocycles. The minimum absolute atomic E-state index is 0.231. The van der Waals surface area contributed by atoms with Gasteiger partial charge in [0.1, 0.15) is 18.9 Å². The lowest BCUT2D eigenvalue weighted by Gasteiger charge is -2.31. The van der Waals surface area contributed by atoms with Crippen LogP contribution in [0.15, 0.2) is 101 Å². The zero-order chi connectivity index (χ0) is 46.5. The number of aryl methyl sites for hydroxylation is 2. The molecule has 2 N–H and O–H groups in total. The monoisotopic (exact) mass is 907 g/mol. The number of rotatable bonds is 28. The molecular formula is C51H62FN5O9. The zero-order valence-electron chi connectivity index (χ0n) is 38.5. The molecule has 2 atom stereocenters. The average molecular weight is 908 g/mol. The van der Waals surface area contributed by atoms with E-state index in [9.17, 15) is 0 Å². The Morgan fingerprint density at radius 2 is 1.38 bits per heavy atom. The molecule has 2 aromatic heterocycles. The predicted molar refractivity (Wildman–Crippen MR) is 250 cm³/mol. The molecule has 0 bridgehead atoms. The normalized spacial score (nSPS) is 15.6. The first kappa shape index (κ1) is 49.5. The van der Waals surface area contributed by atoms with E-state index in [1.54, 1.807) is 58.0 Å². The van der Waals surface area contributed by atoms with Crippen molar-refractivity contribution in [1.29, 1.82) is 0 Å². The van der Waals surface area contributed by atoms with Crippen LogP contribution in [0.2, 0.25) is 0 Å². The Hall–Kier alpha value is -5.93. The van der Waals surface area contributed by atoms with Gasteiger partial charge in [-0.25, -0.2) is 24.3 Å². The summed E-state index contributed by atoms with van der Waals surface area (Å²) in [5, 5.41) is 0. The number of hydrogen-bond acceptors (Lipinski definition) is 14. The second kappa shape index (κ2) is 26.3. The van der Waals surface area contributed by atoms with Gasteiger partial charge in [0.05, 0.1) is 80.3 Å². The molecule has 66 heavy (non-hydrogen) atoms. The Balaban J connectivity index is 0.769. The largest absolute Gasteiger partial charge is 0.493 e. The van der Waals surface area contributed by atoms with Gasteiger partial charge in [0, 0.05) is 24.3 Å². The number of ether oxygens (including phenoxy) is 9. The molecule has 0 amide bonds. The molecule has 0 saturated heterocycles. The van der Waals surface area contributed by atoms with Crippen molar-refractivity contribution in [2.45, 2.75) is 45.4 Å². The molecule has 14 nitrogen and oxygen atoms in total. The van der Waals surface area contributed by atoms with Crippen LogP contribution < -0.4 is 24.7 Å². The quantitative estimate of drug-likeness (QED) is 0.0441. The highest BCUT2D eigenvalue weighted by molar-refractivity contribution is 5.83. The number of aliphatic imine (C=N–C) groups is 1. The zero-order valence-corrected chi connectivity index (χ0v) is 38.5. The molecule has 0 saturated carbocycles. The Labute approximate surface area is 387 Å². The molecule has 1 aliphatic carbocycles. The number of allylic oxidation sites excluding steroid dienone is 4. The highest BCUT2D eigenvalue weighted by atomic mass is 19.1. The summed E-state index contributed by atoms with van der Waals surface area (Å²) in [5.41, 5.74) is 16.3. The lowest BCUT2D eigenvalue weighted by atomic mass is 9.75. The Kier molecular flexibility index (Phi) is 19.7. The molecule has 2 aliphatic rings. The molecule has 352 valence electrons. The molecule has 0 radical (unpaired) electrons. The lowest BCUT2D eigenvalue weighted by Crippen LogP contribution is -2.22. The summed E-state index contributed by atoms with van der Waals surface area (Å²) in [6.45, 7) is 12.5. The van der Waals surface area contributed by atoms with Gasteiger partial charge in [0.15, 0.2) is 34.7 Å². The Bertz CT molecular complexity index is 2310. The van der Waals surface area contributed by atoms with Crippen molar-refractivity contribution in [3.05, 3.63) is 130 Å². The number of pyridine rings is 1. The van der Waals surface area contributed by atoms with Crippen LogP contribution in [0.3, 0.4) is 0 Å². The van der Waals surface area contributed by atoms with Gasteiger partial charge in [-0.2, -0.15) is 0 Å². The van der Waals surface area contributed by atoms with Crippen molar-refractivity contribution in [3.63, 3.8) is 0 Å². The SMILES string of the molecule is C=CC1=C(Cc2cc(OC)c(OCCOCCOCCOCCOCCOCCOc3cc(CC4CCc5nc(-c6ncccn6)ccc5[C@H]4C)cc(C)c3F)c(OC)c2)C=NC(N)=C=C1. The lowest BCUT2D eigenvalue weighted by molar-refractivity contribution is -0.0142. The van der Waals surface area contributed by atoms with Gasteiger partial charge in [0.25, 0.3) is 0 Å². The van der Waals surface area contributed by atoms with Crippen molar-refractivity contribution in [1.82, 2.24) is 15.0 Å². The number of methoxy groups -OCH3 is 2. The molecule has 15 heteroatoms. The summed E-state index contributed by atoms with van der Waals surface area (Å²) in [6.07, 6.45) is 11.9. The maximum absolute atomic E-state index is 15.1. The number of nitrogens with two attached hydrogens (primary N) is 1. The minimum atomic E-state index is -0.340. The van der Waals surface area contributed by atoms with E-state index in [2.05, 4.69) is 40.3 Å². The van der Waals surface area contributed by atoms with Gasteiger partial charge < -0.3 is 48.4 Å². The third kappa shape index (κ3) is 14.5. The topological polar surface area (TPSA) is 160 Å². The molecular weight excluding hydrogens is 846 g/mol. The van der Waals surface area contributed by atoms with Crippen LogP contribution in [-0.2, 0) is 42.9 Å². The van der Waals surface area contributed by atoms with Crippen LogP contribution in [0.4, 0.5) is 4.39 Å². The third-order valence-corrected chi connectivity index (χ3v) is 11.2. The first-order valence-corrected chi connectivity index (χ1v) is 22.3. The fraction of sp³-hybridized carbons (Fsp3) is 0.431. The molecule has 6 rings (SSSR count). The van der Waals surface area contributed by atoms with Gasteiger partial charge in [-0.15, -0.1) is 0 Å². The van der Waals surface area contributed by atoms with Crippen molar-refractivity contribution in [3.8, 4) is 34.5 Å². The Morgan fingerprint density at radius 1 is 0.788 bits per heavy atom. The molecule has 1 unspecified atom stereocenters. The Morgan fingerprint density at radius 3 is 1.98 bits per heavy atom. The predicted octanol–water partition coefficient (Wildman–Crippen LogP) is 7.52. The minimum Gasteiger partial charge on any atom is -0.493 e. The summed E-state index contributed by atoms with van der Waals surface area (Å²) in [5.74, 6) is 3.14. The number of aromatic nitrogens is 3. The molecule has 2 aromatic carbocycles. The second-order valence-electron chi connectivity index (χ2n) is 15.7. The van der Waals surface area contributed by atoms with E-state index < -0.39 is 0 Å². The highest BCUT2D eigenvalue weighted by Gasteiger charge is 2.28. The van der Waals surface area contributed by atoms with Crippen LogP contribution in [0.5, 0.6) is 23.0 Å².